The molecule has 0 N–H and O–H groups in total. The zero-order valence-corrected chi connectivity index (χ0v) is 18.8. The number of rotatable bonds is 5. The topological polar surface area (TPSA) is 69.0 Å². The number of nitrogens with zero attached hydrogens (tertiary/aromatic N) is 1. The first kappa shape index (κ1) is 21.9. The van der Waals surface area contributed by atoms with E-state index >= 15 is 0 Å². The van der Waals surface area contributed by atoms with Gasteiger partial charge in [-0.2, -0.15) is 0 Å². The molecule has 1 aliphatic rings. The Morgan fingerprint density at radius 1 is 1.20 bits per heavy atom. The van der Waals surface area contributed by atoms with E-state index in [1.165, 1.54) is 0 Å². The SMILES string of the molecule is CCOC(=O)C1CCN(C(=O)/C=C(\C)c2cc3c(C)c(C)oc3c(C)c2OC)CC1. The Kier molecular flexibility index (Phi) is 6.54. The van der Waals surface area contributed by atoms with Crippen molar-refractivity contribution in [2.75, 3.05) is 26.8 Å². The summed E-state index contributed by atoms with van der Waals surface area (Å²) in [5.74, 6) is 1.29. The number of esters is 1. The van der Waals surface area contributed by atoms with Gasteiger partial charge in [0.25, 0.3) is 0 Å². The maximum Gasteiger partial charge on any atom is 0.309 e. The number of allylic oxidation sites excluding steroid dienone is 1. The highest BCUT2D eigenvalue weighted by atomic mass is 16.5. The number of benzene rings is 1. The Bertz CT molecular complexity index is 993. The molecular weight excluding hydrogens is 382 g/mol. The van der Waals surface area contributed by atoms with Gasteiger partial charge in [0.2, 0.25) is 5.91 Å². The molecule has 1 aromatic carbocycles. The van der Waals surface area contributed by atoms with Crippen molar-refractivity contribution in [2.24, 2.45) is 5.92 Å². The van der Waals surface area contributed by atoms with E-state index in [-0.39, 0.29) is 17.8 Å². The molecule has 162 valence electrons. The van der Waals surface area contributed by atoms with Crippen LogP contribution in [0.2, 0.25) is 0 Å². The number of carbonyl (C=O) groups is 2. The van der Waals surface area contributed by atoms with E-state index in [2.05, 4.69) is 0 Å². The molecular formula is C24H31NO5. The number of hydrogen-bond acceptors (Lipinski definition) is 5. The molecule has 0 spiro atoms. The van der Waals surface area contributed by atoms with Crippen molar-refractivity contribution < 1.29 is 23.5 Å². The molecule has 0 bridgehead atoms. The molecule has 1 aromatic heterocycles. The molecule has 1 amide bonds. The molecule has 0 atom stereocenters. The summed E-state index contributed by atoms with van der Waals surface area (Å²) in [4.78, 5) is 26.6. The van der Waals surface area contributed by atoms with Gasteiger partial charge in [0, 0.05) is 35.7 Å². The lowest BCUT2D eigenvalue weighted by Crippen LogP contribution is -2.40. The van der Waals surface area contributed by atoms with Crippen LogP contribution in [0, 0.1) is 26.7 Å². The number of furan rings is 1. The summed E-state index contributed by atoms with van der Waals surface area (Å²) in [5.41, 5.74) is 4.58. The van der Waals surface area contributed by atoms with Crippen LogP contribution in [-0.2, 0) is 14.3 Å². The number of ether oxygens (including phenoxy) is 2. The van der Waals surface area contributed by atoms with Crippen LogP contribution in [0.15, 0.2) is 16.6 Å². The molecule has 0 aliphatic carbocycles. The van der Waals surface area contributed by atoms with Gasteiger partial charge in [-0.1, -0.05) is 0 Å². The molecule has 0 unspecified atom stereocenters. The molecule has 6 nitrogen and oxygen atoms in total. The predicted octanol–water partition coefficient (Wildman–Crippen LogP) is 4.57. The van der Waals surface area contributed by atoms with E-state index in [9.17, 15) is 9.59 Å². The highest BCUT2D eigenvalue weighted by molar-refractivity contribution is 5.98. The third-order valence-electron chi connectivity index (χ3n) is 6.04. The molecule has 30 heavy (non-hydrogen) atoms. The number of carbonyl (C=O) groups excluding carboxylic acids is 2. The first-order valence-corrected chi connectivity index (χ1v) is 10.5. The average Bonchev–Trinajstić information content (AvgIpc) is 3.02. The lowest BCUT2D eigenvalue weighted by Gasteiger charge is -2.30. The maximum absolute atomic E-state index is 12.9. The minimum Gasteiger partial charge on any atom is -0.496 e. The zero-order chi connectivity index (χ0) is 22.0. The normalized spacial score (nSPS) is 15.5. The van der Waals surface area contributed by atoms with Gasteiger partial charge in [-0.3, -0.25) is 9.59 Å². The van der Waals surface area contributed by atoms with Crippen molar-refractivity contribution in [2.45, 2.75) is 47.5 Å². The number of fused-ring (bicyclic) bond motifs is 1. The fourth-order valence-corrected chi connectivity index (χ4v) is 4.12. The Balaban J connectivity index is 1.83. The fraction of sp³-hybridized carbons (Fsp3) is 0.500. The average molecular weight is 414 g/mol. The first-order valence-electron chi connectivity index (χ1n) is 10.5. The smallest absolute Gasteiger partial charge is 0.309 e. The van der Waals surface area contributed by atoms with Gasteiger partial charge in [-0.05, 0) is 64.7 Å². The Hall–Kier alpha value is -2.76. The summed E-state index contributed by atoms with van der Waals surface area (Å²) in [7, 11) is 1.63. The molecule has 0 radical (unpaired) electrons. The van der Waals surface area contributed by atoms with Crippen LogP contribution in [0.3, 0.4) is 0 Å². The van der Waals surface area contributed by atoms with Crippen LogP contribution in [0.4, 0.5) is 0 Å². The fourth-order valence-electron chi connectivity index (χ4n) is 4.12. The number of amides is 1. The van der Waals surface area contributed by atoms with Gasteiger partial charge in [-0.25, -0.2) is 0 Å². The van der Waals surface area contributed by atoms with Gasteiger partial charge in [-0.15, -0.1) is 0 Å². The predicted molar refractivity (Wildman–Crippen MR) is 117 cm³/mol. The van der Waals surface area contributed by atoms with Gasteiger partial charge >= 0.3 is 5.97 Å². The van der Waals surface area contributed by atoms with Crippen LogP contribution in [0.5, 0.6) is 5.75 Å². The van der Waals surface area contributed by atoms with Crippen molar-refractivity contribution in [1.82, 2.24) is 4.90 Å². The maximum atomic E-state index is 12.9. The third kappa shape index (κ3) is 4.09. The van der Waals surface area contributed by atoms with Crippen LogP contribution in [0.25, 0.3) is 16.5 Å². The van der Waals surface area contributed by atoms with E-state index in [0.29, 0.717) is 32.5 Å². The van der Waals surface area contributed by atoms with Crippen LogP contribution >= 0.6 is 0 Å². The van der Waals surface area contributed by atoms with E-state index in [0.717, 1.165) is 44.7 Å². The molecule has 6 heteroatoms. The van der Waals surface area contributed by atoms with Gasteiger partial charge in [0.15, 0.2) is 0 Å². The molecule has 0 saturated carbocycles. The minimum atomic E-state index is -0.157. The number of hydrogen-bond donors (Lipinski definition) is 0. The van der Waals surface area contributed by atoms with Crippen LogP contribution in [0.1, 0.15) is 49.1 Å². The summed E-state index contributed by atoms with van der Waals surface area (Å²) in [6, 6.07) is 2.04. The number of aryl methyl sites for hydroxylation is 3. The second-order valence-electron chi connectivity index (χ2n) is 7.92. The molecule has 1 aliphatic heterocycles. The Labute approximate surface area is 177 Å². The van der Waals surface area contributed by atoms with Crippen molar-refractivity contribution in [3.8, 4) is 5.75 Å². The highest BCUT2D eigenvalue weighted by Crippen LogP contribution is 2.38. The second-order valence-corrected chi connectivity index (χ2v) is 7.92. The van der Waals surface area contributed by atoms with E-state index < -0.39 is 0 Å². The van der Waals surface area contributed by atoms with E-state index in [4.69, 9.17) is 13.9 Å². The summed E-state index contributed by atoms with van der Waals surface area (Å²) >= 11 is 0. The quantitative estimate of drug-likeness (QED) is 0.530. The second kappa shape index (κ2) is 8.94. The van der Waals surface area contributed by atoms with Gasteiger partial charge in [0.05, 0.1) is 19.6 Å². The van der Waals surface area contributed by atoms with Crippen molar-refractivity contribution in [3.63, 3.8) is 0 Å². The summed E-state index contributed by atoms with van der Waals surface area (Å²) in [6.45, 7) is 11.2. The first-order chi connectivity index (χ1) is 14.3. The van der Waals surface area contributed by atoms with Gasteiger partial charge < -0.3 is 18.8 Å². The van der Waals surface area contributed by atoms with Crippen molar-refractivity contribution in [1.29, 1.82) is 0 Å². The van der Waals surface area contributed by atoms with E-state index in [1.807, 2.05) is 40.7 Å². The molecule has 3 rings (SSSR count). The highest BCUT2D eigenvalue weighted by Gasteiger charge is 2.28. The molecule has 2 heterocycles. The van der Waals surface area contributed by atoms with Gasteiger partial charge in [0.1, 0.15) is 17.1 Å². The summed E-state index contributed by atoms with van der Waals surface area (Å²) in [5, 5.41) is 1.04. The van der Waals surface area contributed by atoms with Crippen LogP contribution in [-0.4, -0.2) is 43.6 Å². The largest absolute Gasteiger partial charge is 0.496 e. The zero-order valence-electron chi connectivity index (χ0n) is 18.8. The molecule has 2 aromatic rings. The third-order valence-corrected chi connectivity index (χ3v) is 6.04. The number of likely N-dealkylation sites (tertiary alicyclic amines) is 1. The molecule has 1 saturated heterocycles. The van der Waals surface area contributed by atoms with E-state index in [1.54, 1.807) is 18.1 Å². The standard InChI is InChI=1S/C24H31NO5/c1-7-29-24(27)18-8-10-25(11-9-18)21(26)12-14(2)19-13-20-15(3)17(5)30-23(20)16(4)22(19)28-6/h12-13,18H,7-11H2,1-6H3/b14-12+. The summed E-state index contributed by atoms with van der Waals surface area (Å²) in [6.07, 6.45) is 2.94. The lowest BCUT2D eigenvalue weighted by molar-refractivity contribution is -0.150. The number of methoxy groups -OCH3 is 1. The molecule has 1 fully saturated rings. The number of piperidine rings is 1. The summed E-state index contributed by atoms with van der Waals surface area (Å²) < 4.78 is 16.7. The Morgan fingerprint density at radius 3 is 2.47 bits per heavy atom. The monoisotopic (exact) mass is 413 g/mol. The lowest BCUT2D eigenvalue weighted by atomic mass is 9.96. The van der Waals surface area contributed by atoms with Crippen LogP contribution < -0.4 is 4.74 Å². The van der Waals surface area contributed by atoms with Crippen molar-refractivity contribution in [3.05, 3.63) is 34.6 Å². The minimum absolute atomic E-state index is 0.0466. The Morgan fingerprint density at radius 2 is 1.87 bits per heavy atom. The van der Waals surface area contributed by atoms with Crippen molar-refractivity contribution >= 4 is 28.4 Å².